The smallest absolute Gasteiger partial charge is 0.237 e. The van der Waals surface area contributed by atoms with Gasteiger partial charge in [0, 0.05) is 6.20 Å². The Morgan fingerprint density at radius 1 is 1.53 bits per heavy atom. The second kappa shape index (κ2) is 4.76. The van der Waals surface area contributed by atoms with Crippen LogP contribution in [0.1, 0.15) is 13.8 Å². The van der Waals surface area contributed by atoms with Gasteiger partial charge in [-0.2, -0.15) is 0 Å². The first-order valence-electron chi connectivity index (χ1n) is 4.38. The Balaban J connectivity index is 2.78. The predicted octanol–water partition coefficient (Wildman–Crippen LogP) is 1.53. The Kier molecular flexibility index (Phi) is 3.87. The molecule has 1 heterocycles. The van der Waals surface area contributed by atoms with Crippen molar-refractivity contribution >= 4 is 27.6 Å². The van der Waals surface area contributed by atoms with E-state index in [1.807, 2.05) is 13.8 Å². The van der Waals surface area contributed by atoms with Crippen LogP contribution in [0.4, 0.5) is 5.95 Å². The molecule has 1 N–H and O–H groups in total. The second-order valence-electron chi connectivity index (χ2n) is 3.48. The quantitative estimate of drug-likeness (QED) is 0.822. The van der Waals surface area contributed by atoms with E-state index in [0.717, 1.165) is 0 Å². The molecule has 1 aromatic rings. The fourth-order valence-corrected chi connectivity index (χ4v) is 2.48. The van der Waals surface area contributed by atoms with E-state index in [9.17, 15) is 8.42 Å². The molecule has 1 aromatic heterocycles. The van der Waals surface area contributed by atoms with E-state index in [-0.39, 0.29) is 22.8 Å². The summed E-state index contributed by atoms with van der Waals surface area (Å²) in [7, 11) is -3.38. The molecule has 0 aliphatic rings. The predicted molar refractivity (Wildman–Crippen MR) is 59.3 cm³/mol. The highest BCUT2D eigenvalue weighted by Crippen LogP contribution is 2.08. The van der Waals surface area contributed by atoms with Crippen LogP contribution in [0.5, 0.6) is 0 Å². The lowest BCUT2D eigenvalue weighted by molar-refractivity contribution is 0.587. The van der Waals surface area contributed by atoms with Crippen molar-refractivity contribution in [3.63, 3.8) is 0 Å². The van der Waals surface area contributed by atoms with Crippen LogP contribution in [0.3, 0.4) is 0 Å². The highest BCUT2D eigenvalue weighted by atomic mass is 35.5. The highest BCUT2D eigenvalue weighted by molar-refractivity contribution is 7.92. The highest BCUT2D eigenvalue weighted by Gasteiger charge is 2.14. The summed E-state index contributed by atoms with van der Waals surface area (Å²) in [6, 6.07) is 1.47. The van der Waals surface area contributed by atoms with Crippen molar-refractivity contribution in [1.29, 1.82) is 0 Å². The van der Waals surface area contributed by atoms with Gasteiger partial charge < -0.3 is 0 Å². The summed E-state index contributed by atoms with van der Waals surface area (Å²) in [5, 5.41) is 0.201. The fraction of sp³-hybridized carbons (Fsp3) is 0.500. The first-order chi connectivity index (χ1) is 6.89. The minimum atomic E-state index is -3.38. The summed E-state index contributed by atoms with van der Waals surface area (Å²) >= 11 is 5.59. The summed E-state index contributed by atoms with van der Waals surface area (Å²) in [4.78, 5) is 7.48. The number of nitrogens with zero attached hydrogens (tertiary/aromatic N) is 2. The van der Waals surface area contributed by atoms with Crippen molar-refractivity contribution in [3.05, 3.63) is 17.4 Å². The van der Waals surface area contributed by atoms with E-state index < -0.39 is 10.0 Å². The van der Waals surface area contributed by atoms with Crippen molar-refractivity contribution in [2.75, 3.05) is 10.5 Å². The van der Waals surface area contributed by atoms with Crippen molar-refractivity contribution in [2.24, 2.45) is 5.92 Å². The van der Waals surface area contributed by atoms with Crippen LogP contribution in [0.2, 0.25) is 5.15 Å². The SMILES string of the molecule is CC(C)CS(=O)(=O)Nc1nccc(Cl)n1. The van der Waals surface area contributed by atoms with Gasteiger partial charge in [-0.05, 0) is 12.0 Å². The van der Waals surface area contributed by atoms with Crippen molar-refractivity contribution in [1.82, 2.24) is 9.97 Å². The van der Waals surface area contributed by atoms with Crippen LogP contribution in [0.15, 0.2) is 12.3 Å². The van der Waals surface area contributed by atoms with Crippen LogP contribution in [-0.4, -0.2) is 24.1 Å². The maximum atomic E-state index is 11.5. The molecule has 5 nitrogen and oxygen atoms in total. The largest absolute Gasteiger partial charge is 0.251 e. The summed E-state index contributed by atoms with van der Waals surface area (Å²) in [5.74, 6) is 0.0768. The van der Waals surface area contributed by atoms with E-state index >= 15 is 0 Å². The Labute approximate surface area is 93.9 Å². The first kappa shape index (κ1) is 12.2. The van der Waals surface area contributed by atoms with Gasteiger partial charge in [0.1, 0.15) is 5.15 Å². The molecule has 0 fully saturated rings. The lowest BCUT2D eigenvalue weighted by Gasteiger charge is -2.07. The Hall–Kier alpha value is -0.880. The van der Waals surface area contributed by atoms with Gasteiger partial charge in [-0.3, -0.25) is 4.72 Å². The monoisotopic (exact) mass is 249 g/mol. The number of halogens is 1. The third kappa shape index (κ3) is 4.44. The molecule has 0 atom stereocenters. The molecular weight excluding hydrogens is 238 g/mol. The van der Waals surface area contributed by atoms with Crippen molar-refractivity contribution < 1.29 is 8.42 Å². The number of nitrogens with one attached hydrogen (secondary N) is 1. The van der Waals surface area contributed by atoms with Crippen LogP contribution >= 0.6 is 11.6 Å². The number of hydrogen-bond acceptors (Lipinski definition) is 4. The average molecular weight is 250 g/mol. The average Bonchev–Trinajstić information content (AvgIpc) is 1.99. The molecule has 0 aromatic carbocycles. The summed E-state index contributed by atoms with van der Waals surface area (Å²) < 4.78 is 25.2. The standard InChI is InChI=1S/C8H12ClN3O2S/c1-6(2)5-15(13,14)12-8-10-4-3-7(9)11-8/h3-4,6H,5H2,1-2H3,(H,10,11,12). The Morgan fingerprint density at radius 3 is 2.73 bits per heavy atom. The maximum Gasteiger partial charge on any atom is 0.237 e. The molecular formula is C8H12ClN3O2S. The zero-order chi connectivity index (χ0) is 11.5. The molecule has 0 bridgehead atoms. The van der Waals surface area contributed by atoms with Gasteiger partial charge in [-0.15, -0.1) is 0 Å². The Morgan fingerprint density at radius 2 is 2.20 bits per heavy atom. The maximum absolute atomic E-state index is 11.5. The molecule has 1 rings (SSSR count). The number of sulfonamides is 1. The van der Waals surface area contributed by atoms with Gasteiger partial charge in [-0.25, -0.2) is 18.4 Å². The van der Waals surface area contributed by atoms with E-state index in [4.69, 9.17) is 11.6 Å². The minimum absolute atomic E-state index is 0.00292. The van der Waals surface area contributed by atoms with Crippen molar-refractivity contribution in [2.45, 2.75) is 13.8 Å². The normalized spacial score (nSPS) is 11.7. The van der Waals surface area contributed by atoms with E-state index in [0.29, 0.717) is 0 Å². The lowest BCUT2D eigenvalue weighted by atomic mass is 10.3. The third-order valence-electron chi connectivity index (χ3n) is 1.42. The lowest BCUT2D eigenvalue weighted by Crippen LogP contribution is -2.21. The molecule has 0 aliphatic heterocycles. The molecule has 0 aliphatic carbocycles. The van der Waals surface area contributed by atoms with Gasteiger partial charge in [-0.1, -0.05) is 25.4 Å². The van der Waals surface area contributed by atoms with E-state index in [1.165, 1.54) is 12.3 Å². The number of aromatic nitrogens is 2. The van der Waals surface area contributed by atoms with Crippen LogP contribution in [0, 0.1) is 5.92 Å². The summed E-state index contributed by atoms with van der Waals surface area (Å²) in [6.07, 6.45) is 1.39. The molecule has 84 valence electrons. The molecule has 7 heteroatoms. The minimum Gasteiger partial charge on any atom is -0.251 e. The Bertz CT molecular complexity index is 433. The topological polar surface area (TPSA) is 72.0 Å². The third-order valence-corrected chi connectivity index (χ3v) is 3.23. The van der Waals surface area contributed by atoms with Crippen LogP contribution < -0.4 is 4.72 Å². The first-order valence-corrected chi connectivity index (χ1v) is 6.41. The zero-order valence-corrected chi connectivity index (χ0v) is 10.0. The molecule has 0 saturated carbocycles. The van der Waals surface area contributed by atoms with E-state index in [1.54, 1.807) is 0 Å². The summed E-state index contributed by atoms with van der Waals surface area (Å²) in [6.45, 7) is 3.64. The molecule has 0 saturated heterocycles. The van der Waals surface area contributed by atoms with Gasteiger partial charge in [0.25, 0.3) is 0 Å². The summed E-state index contributed by atoms with van der Waals surface area (Å²) in [5.41, 5.74) is 0. The molecule has 0 unspecified atom stereocenters. The van der Waals surface area contributed by atoms with Crippen LogP contribution in [0.25, 0.3) is 0 Å². The van der Waals surface area contributed by atoms with E-state index in [2.05, 4.69) is 14.7 Å². The van der Waals surface area contributed by atoms with Gasteiger partial charge in [0.15, 0.2) is 0 Å². The molecule has 15 heavy (non-hydrogen) atoms. The number of rotatable bonds is 4. The molecule has 0 radical (unpaired) electrons. The van der Waals surface area contributed by atoms with Gasteiger partial charge in [0.2, 0.25) is 16.0 Å². The van der Waals surface area contributed by atoms with Crippen molar-refractivity contribution in [3.8, 4) is 0 Å². The molecule has 0 spiro atoms. The zero-order valence-electron chi connectivity index (χ0n) is 8.44. The fourth-order valence-electron chi connectivity index (χ4n) is 1.01. The molecule has 0 amide bonds. The van der Waals surface area contributed by atoms with Gasteiger partial charge in [0.05, 0.1) is 5.75 Å². The van der Waals surface area contributed by atoms with Gasteiger partial charge >= 0.3 is 0 Å². The number of anilines is 1. The van der Waals surface area contributed by atoms with Crippen LogP contribution in [-0.2, 0) is 10.0 Å². The second-order valence-corrected chi connectivity index (χ2v) is 5.63. The number of hydrogen-bond donors (Lipinski definition) is 1.